The molecule has 5 rings (SSSR count). The average molecular weight is 375 g/mol. The van der Waals surface area contributed by atoms with E-state index in [2.05, 4.69) is 10.4 Å². The lowest BCUT2D eigenvalue weighted by Gasteiger charge is -2.58. The highest BCUT2D eigenvalue weighted by molar-refractivity contribution is 5.96. The summed E-state index contributed by atoms with van der Waals surface area (Å²) in [5.41, 5.74) is 0.897. The van der Waals surface area contributed by atoms with Crippen LogP contribution in [0.25, 0.3) is 0 Å². The SMILES string of the molecule is Cc1nn(C)c(C)c1NC(=O)[C@H](C)OC(=O)C12C[C@@H]3C[C@@H](CC(O)(C3)C1)C2. The minimum absolute atomic E-state index is 0.322. The lowest BCUT2D eigenvalue weighted by atomic mass is 9.48. The van der Waals surface area contributed by atoms with Crippen LogP contribution in [0.1, 0.15) is 56.8 Å². The molecule has 4 aliphatic carbocycles. The van der Waals surface area contributed by atoms with Gasteiger partial charge < -0.3 is 15.2 Å². The summed E-state index contributed by atoms with van der Waals surface area (Å²) in [6, 6.07) is 0. The molecule has 1 aromatic heterocycles. The second-order valence-electron chi connectivity index (χ2n) is 9.17. The number of aliphatic hydroxyl groups is 1. The number of ether oxygens (including phenoxy) is 1. The van der Waals surface area contributed by atoms with Gasteiger partial charge in [-0.05, 0) is 71.1 Å². The Labute approximate surface area is 159 Å². The molecule has 4 saturated carbocycles. The first-order chi connectivity index (χ1) is 12.6. The fourth-order valence-electron chi connectivity index (χ4n) is 5.97. The predicted molar refractivity (Wildman–Crippen MR) is 98.9 cm³/mol. The summed E-state index contributed by atoms with van der Waals surface area (Å²) in [6.07, 6.45) is 3.84. The minimum atomic E-state index is -0.890. The zero-order valence-electron chi connectivity index (χ0n) is 16.5. The van der Waals surface area contributed by atoms with Crippen molar-refractivity contribution in [2.45, 2.75) is 71.0 Å². The van der Waals surface area contributed by atoms with Crippen LogP contribution in [0.3, 0.4) is 0 Å². The molecule has 4 aliphatic rings. The van der Waals surface area contributed by atoms with Gasteiger partial charge in [0.25, 0.3) is 5.91 Å². The van der Waals surface area contributed by atoms with E-state index < -0.39 is 17.1 Å². The predicted octanol–water partition coefficient (Wildman–Crippen LogP) is 2.24. The standard InChI is InChI=1S/C20H29N3O4/c1-11-16(12(2)23(4)22-11)21-17(24)13(3)27-18(25)19-6-14-5-15(7-19)9-20(26,8-14)10-19/h13-15,26H,5-10H2,1-4H3,(H,21,24)/t13-,14-,15+,19?,20?/m0/s1. The average Bonchev–Trinajstić information content (AvgIpc) is 2.78. The maximum atomic E-state index is 13.0. The van der Waals surface area contributed by atoms with Gasteiger partial charge in [0.15, 0.2) is 6.10 Å². The Morgan fingerprint density at radius 3 is 2.41 bits per heavy atom. The van der Waals surface area contributed by atoms with Gasteiger partial charge in [0.2, 0.25) is 0 Å². The molecule has 7 nitrogen and oxygen atoms in total. The number of hydrogen-bond donors (Lipinski definition) is 2. The Kier molecular flexibility index (Phi) is 4.14. The molecule has 2 unspecified atom stereocenters. The molecule has 0 aromatic carbocycles. The summed E-state index contributed by atoms with van der Waals surface area (Å²) in [4.78, 5) is 25.6. The Morgan fingerprint density at radius 2 is 1.89 bits per heavy atom. The first-order valence-corrected chi connectivity index (χ1v) is 9.85. The monoisotopic (exact) mass is 375 g/mol. The van der Waals surface area contributed by atoms with E-state index in [1.165, 1.54) is 0 Å². The molecule has 1 aromatic rings. The summed E-state index contributed by atoms with van der Waals surface area (Å²) in [5.74, 6) is 0.116. The smallest absolute Gasteiger partial charge is 0.312 e. The van der Waals surface area contributed by atoms with Crippen molar-refractivity contribution in [2.75, 3.05) is 5.32 Å². The number of rotatable bonds is 4. The number of nitrogens with one attached hydrogen (secondary N) is 1. The summed E-state index contributed by atoms with van der Waals surface area (Å²) in [5, 5.41) is 17.9. The lowest BCUT2D eigenvalue weighted by molar-refractivity contribution is -0.199. The highest BCUT2D eigenvalue weighted by atomic mass is 16.5. The van der Waals surface area contributed by atoms with Gasteiger partial charge in [-0.15, -0.1) is 0 Å². The number of anilines is 1. The minimum Gasteiger partial charge on any atom is -0.452 e. The number of hydrogen-bond acceptors (Lipinski definition) is 5. The Bertz CT molecular complexity index is 785. The summed E-state index contributed by atoms with van der Waals surface area (Å²) < 4.78 is 7.32. The second-order valence-corrected chi connectivity index (χ2v) is 9.17. The normalized spacial score (nSPS) is 35.1. The van der Waals surface area contributed by atoms with E-state index in [1.54, 1.807) is 11.6 Å². The third-order valence-electron chi connectivity index (χ3n) is 6.87. The number of esters is 1. The first kappa shape index (κ1) is 18.5. The fraction of sp³-hybridized carbons (Fsp3) is 0.750. The van der Waals surface area contributed by atoms with E-state index in [0.717, 1.165) is 43.5 Å². The molecule has 0 spiro atoms. The summed E-state index contributed by atoms with van der Waals surface area (Å²) >= 11 is 0. The molecule has 0 aliphatic heterocycles. The van der Waals surface area contributed by atoms with Gasteiger partial charge in [-0.2, -0.15) is 5.10 Å². The van der Waals surface area contributed by atoms with Gasteiger partial charge in [0.05, 0.1) is 28.1 Å². The number of aromatic nitrogens is 2. The van der Waals surface area contributed by atoms with Crippen molar-refractivity contribution in [3.63, 3.8) is 0 Å². The maximum absolute atomic E-state index is 13.0. The number of aryl methyl sites for hydroxylation is 2. The van der Waals surface area contributed by atoms with Crippen molar-refractivity contribution in [3.8, 4) is 0 Å². The van der Waals surface area contributed by atoms with Crippen LogP contribution in [0.5, 0.6) is 0 Å². The van der Waals surface area contributed by atoms with Gasteiger partial charge in [-0.3, -0.25) is 14.3 Å². The molecule has 0 radical (unpaired) electrons. The summed E-state index contributed by atoms with van der Waals surface area (Å²) in [6.45, 7) is 5.31. The van der Waals surface area contributed by atoms with Gasteiger partial charge >= 0.3 is 5.97 Å². The summed E-state index contributed by atoms with van der Waals surface area (Å²) in [7, 11) is 1.82. The van der Waals surface area contributed by atoms with Crippen molar-refractivity contribution in [2.24, 2.45) is 24.3 Å². The van der Waals surface area contributed by atoms with E-state index in [0.29, 0.717) is 23.9 Å². The molecule has 5 atom stereocenters. The number of nitrogens with zero attached hydrogens (tertiary/aromatic N) is 2. The Balaban J connectivity index is 1.44. The zero-order valence-corrected chi connectivity index (χ0v) is 16.5. The molecule has 4 bridgehead atoms. The van der Waals surface area contributed by atoms with E-state index in [-0.39, 0.29) is 11.9 Å². The van der Waals surface area contributed by atoms with Crippen molar-refractivity contribution in [3.05, 3.63) is 11.4 Å². The van der Waals surface area contributed by atoms with E-state index in [9.17, 15) is 14.7 Å². The largest absolute Gasteiger partial charge is 0.452 e. The van der Waals surface area contributed by atoms with Gasteiger partial charge in [-0.25, -0.2) is 0 Å². The molecule has 27 heavy (non-hydrogen) atoms. The van der Waals surface area contributed by atoms with E-state index in [1.807, 2.05) is 20.9 Å². The van der Waals surface area contributed by atoms with Crippen LogP contribution in [0.4, 0.5) is 5.69 Å². The maximum Gasteiger partial charge on any atom is 0.312 e. The molecule has 2 N–H and O–H groups in total. The molecule has 148 valence electrons. The van der Waals surface area contributed by atoms with Crippen LogP contribution < -0.4 is 5.32 Å². The number of carbonyl (C=O) groups is 2. The highest BCUT2D eigenvalue weighted by Crippen LogP contribution is 2.62. The van der Waals surface area contributed by atoms with Crippen LogP contribution in [-0.4, -0.2) is 38.5 Å². The van der Waals surface area contributed by atoms with E-state index in [4.69, 9.17) is 4.74 Å². The van der Waals surface area contributed by atoms with Crippen LogP contribution in [0.15, 0.2) is 0 Å². The van der Waals surface area contributed by atoms with Crippen LogP contribution in [-0.2, 0) is 21.4 Å². The third-order valence-corrected chi connectivity index (χ3v) is 6.87. The molecular formula is C20H29N3O4. The molecular weight excluding hydrogens is 346 g/mol. The number of amides is 1. The molecule has 1 heterocycles. The Morgan fingerprint density at radius 1 is 1.26 bits per heavy atom. The Hall–Kier alpha value is -1.89. The topological polar surface area (TPSA) is 93.5 Å². The van der Waals surface area contributed by atoms with Crippen molar-refractivity contribution >= 4 is 17.6 Å². The highest BCUT2D eigenvalue weighted by Gasteiger charge is 2.61. The fourth-order valence-corrected chi connectivity index (χ4v) is 5.97. The van der Waals surface area contributed by atoms with E-state index >= 15 is 0 Å². The van der Waals surface area contributed by atoms with Crippen molar-refractivity contribution in [1.82, 2.24) is 9.78 Å². The van der Waals surface area contributed by atoms with Gasteiger partial charge in [-0.1, -0.05) is 0 Å². The first-order valence-electron chi connectivity index (χ1n) is 9.85. The molecule has 4 fully saturated rings. The van der Waals surface area contributed by atoms with Crippen LogP contribution in [0, 0.1) is 31.1 Å². The van der Waals surface area contributed by atoms with Crippen LogP contribution >= 0.6 is 0 Å². The van der Waals surface area contributed by atoms with Crippen molar-refractivity contribution < 1.29 is 19.4 Å². The van der Waals surface area contributed by atoms with Gasteiger partial charge in [0.1, 0.15) is 0 Å². The number of carbonyl (C=O) groups excluding carboxylic acids is 2. The second kappa shape index (κ2) is 6.06. The zero-order chi connectivity index (χ0) is 19.6. The van der Waals surface area contributed by atoms with Crippen LogP contribution in [0.2, 0.25) is 0 Å². The third kappa shape index (κ3) is 3.06. The van der Waals surface area contributed by atoms with Gasteiger partial charge in [0, 0.05) is 7.05 Å². The molecule has 7 heteroatoms. The van der Waals surface area contributed by atoms with Crippen molar-refractivity contribution in [1.29, 1.82) is 0 Å². The quantitative estimate of drug-likeness (QED) is 0.787. The molecule has 1 amide bonds. The molecule has 0 saturated heterocycles. The lowest BCUT2D eigenvalue weighted by Crippen LogP contribution is -2.59.